The lowest BCUT2D eigenvalue weighted by Gasteiger charge is -2.27. The van der Waals surface area contributed by atoms with Gasteiger partial charge in [-0.3, -0.25) is 9.88 Å². The minimum atomic E-state index is -0.0451. The van der Waals surface area contributed by atoms with Crippen LogP contribution in [0.15, 0.2) is 48.8 Å². The Morgan fingerprint density at radius 2 is 1.93 bits per heavy atom. The molecule has 1 aromatic carbocycles. The van der Waals surface area contributed by atoms with E-state index < -0.39 is 0 Å². The smallest absolute Gasteiger partial charge is 0.321 e. The fourth-order valence-electron chi connectivity index (χ4n) is 3.93. The normalized spacial score (nSPS) is 15.7. The average Bonchev–Trinajstić information content (AvgIpc) is 3.24. The van der Waals surface area contributed by atoms with E-state index in [4.69, 9.17) is 9.97 Å². The zero-order chi connectivity index (χ0) is 19.6. The van der Waals surface area contributed by atoms with Gasteiger partial charge in [0.15, 0.2) is 5.82 Å². The summed E-state index contributed by atoms with van der Waals surface area (Å²) in [4.78, 5) is 27.7. The van der Waals surface area contributed by atoms with Gasteiger partial charge in [0.2, 0.25) is 0 Å². The van der Waals surface area contributed by atoms with Gasteiger partial charge in [-0.2, -0.15) is 0 Å². The predicted octanol–water partition coefficient (Wildman–Crippen LogP) is 3.69. The number of rotatable bonds is 4. The highest BCUT2D eigenvalue weighted by molar-refractivity contribution is 5.93. The van der Waals surface area contributed by atoms with Crippen LogP contribution in [0.5, 0.6) is 0 Å². The second-order valence-corrected chi connectivity index (χ2v) is 7.32. The van der Waals surface area contributed by atoms with Crippen molar-refractivity contribution in [1.82, 2.24) is 20.3 Å². The molecule has 1 fully saturated rings. The lowest BCUT2D eigenvalue weighted by Crippen LogP contribution is -2.46. The van der Waals surface area contributed by atoms with Gasteiger partial charge in [0.1, 0.15) is 5.82 Å². The number of aromatic nitrogens is 3. The third-order valence-corrected chi connectivity index (χ3v) is 5.37. The van der Waals surface area contributed by atoms with Crippen molar-refractivity contribution in [3.05, 3.63) is 60.0 Å². The van der Waals surface area contributed by atoms with Crippen molar-refractivity contribution in [2.24, 2.45) is 0 Å². The Morgan fingerprint density at radius 1 is 1.03 bits per heavy atom. The number of anilines is 3. The van der Waals surface area contributed by atoms with Crippen LogP contribution in [-0.4, -0.2) is 34.1 Å². The van der Waals surface area contributed by atoms with E-state index in [1.54, 1.807) is 17.3 Å². The Morgan fingerprint density at radius 3 is 2.79 bits per heavy atom. The molecule has 0 saturated carbocycles. The number of nitrogens with one attached hydrogen (secondary N) is 2. The van der Waals surface area contributed by atoms with Crippen LogP contribution < -0.4 is 15.5 Å². The maximum atomic E-state index is 12.2. The number of benzene rings is 1. The first kappa shape index (κ1) is 17.6. The fourth-order valence-corrected chi connectivity index (χ4v) is 3.93. The molecule has 1 aliphatic carbocycles. The van der Waals surface area contributed by atoms with Crippen LogP contribution in [0.1, 0.15) is 24.1 Å². The standard InChI is InChI=1S/C22H22N6O/c29-22-24-10-3-13-28(22)17-5-1-4-16(14-17)25-21-18-6-2-7-19(18)26-20(27-21)15-8-11-23-12-9-15/h1,4-5,8-9,11-12,14H,2-3,6-7,10,13H2,(H,24,29)(H,25,26,27). The Bertz CT molecular complexity index is 1050. The summed E-state index contributed by atoms with van der Waals surface area (Å²) >= 11 is 0. The molecule has 1 aliphatic heterocycles. The largest absolute Gasteiger partial charge is 0.340 e. The molecule has 2 amide bonds. The summed E-state index contributed by atoms with van der Waals surface area (Å²) in [7, 11) is 0. The van der Waals surface area contributed by atoms with Crippen LogP contribution >= 0.6 is 0 Å². The molecule has 3 aromatic rings. The summed E-state index contributed by atoms with van der Waals surface area (Å²) < 4.78 is 0. The van der Waals surface area contributed by atoms with E-state index in [2.05, 4.69) is 15.6 Å². The van der Waals surface area contributed by atoms with Gasteiger partial charge in [0.05, 0.1) is 0 Å². The van der Waals surface area contributed by atoms with Crippen LogP contribution in [0.25, 0.3) is 11.4 Å². The van der Waals surface area contributed by atoms with Crippen LogP contribution in [0, 0.1) is 0 Å². The number of hydrogen-bond donors (Lipinski definition) is 2. The quantitative estimate of drug-likeness (QED) is 0.715. The van der Waals surface area contributed by atoms with Gasteiger partial charge in [-0.25, -0.2) is 14.8 Å². The van der Waals surface area contributed by atoms with E-state index in [0.29, 0.717) is 5.82 Å². The van der Waals surface area contributed by atoms with Crippen molar-refractivity contribution in [2.45, 2.75) is 25.7 Å². The van der Waals surface area contributed by atoms with Gasteiger partial charge in [0, 0.05) is 53.7 Å². The van der Waals surface area contributed by atoms with E-state index in [1.807, 2.05) is 36.4 Å². The monoisotopic (exact) mass is 386 g/mol. The minimum absolute atomic E-state index is 0.0451. The topological polar surface area (TPSA) is 83.0 Å². The van der Waals surface area contributed by atoms with E-state index in [1.165, 1.54) is 5.56 Å². The van der Waals surface area contributed by atoms with E-state index in [-0.39, 0.29) is 6.03 Å². The van der Waals surface area contributed by atoms with Crippen LogP contribution in [0.4, 0.5) is 22.0 Å². The zero-order valence-electron chi connectivity index (χ0n) is 16.1. The zero-order valence-corrected chi connectivity index (χ0v) is 16.1. The Kier molecular flexibility index (Phi) is 4.56. The highest BCUT2D eigenvalue weighted by Gasteiger charge is 2.22. The van der Waals surface area contributed by atoms with Crippen LogP contribution in [0.2, 0.25) is 0 Å². The molecule has 0 bridgehead atoms. The SMILES string of the molecule is O=C1NCCCN1c1cccc(Nc2nc(-c3ccncc3)nc3c2CCC3)c1. The van der Waals surface area contributed by atoms with Gasteiger partial charge in [-0.1, -0.05) is 6.07 Å². The number of carbonyl (C=O) groups excluding carboxylic acids is 1. The van der Waals surface area contributed by atoms with Gasteiger partial charge >= 0.3 is 6.03 Å². The van der Waals surface area contributed by atoms with Crippen LogP contribution in [-0.2, 0) is 12.8 Å². The molecule has 2 N–H and O–H groups in total. The maximum Gasteiger partial charge on any atom is 0.321 e. The number of urea groups is 1. The molecule has 2 aromatic heterocycles. The molecule has 5 rings (SSSR count). The number of hydrogen-bond acceptors (Lipinski definition) is 5. The van der Waals surface area contributed by atoms with E-state index >= 15 is 0 Å². The molecule has 0 atom stereocenters. The summed E-state index contributed by atoms with van der Waals surface area (Å²) in [5, 5.41) is 6.38. The maximum absolute atomic E-state index is 12.2. The highest BCUT2D eigenvalue weighted by Crippen LogP contribution is 2.32. The van der Waals surface area contributed by atoms with Crippen molar-refractivity contribution in [1.29, 1.82) is 0 Å². The summed E-state index contributed by atoms with van der Waals surface area (Å²) in [6.45, 7) is 1.46. The predicted molar refractivity (Wildman–Crippen MR) is 112 cm³/mol. The molecule has 2 aliphatic rings. The lowest BCUT2D eigenvalue weighted by molar-refractivity contribution is 0.243. The molecule has 29 heavy (non-hydrogen) atoms. The number of nitrogens with zero attached hydrogens (tertiary/aromatic N) is 4. The fraction of sp³-hybridized carbons (Fsp3) is 0.273. The first-order chi connectivity index (χ1) is 14.3. The first-order valence-corrected chi connectivity index (χ1v) is 10.0. The number of carbonyl (C=O) groups is 1. The summed E-state index contributed by atoms with van der Waals surface area (Å²) in [5.41, 5.74) is 5.04. The summed E-state index contributed by atoms with van der Waals surface area (Å²) in [5.74, 6) is 1.56. The van der Waals surface area contributed by atoms with Gasteiger partial charge in [-0.05, 0) is 56.0 Å². The second-order valence-electron chi connectivity index (χ2n) is 7.32. The van der Waals surface area contributed by atoms with Crippen molar-refractivity contribution in [2.75, 3.05) is 23.3 Å². The molecule has 0 unspecified atom stereocenters. The van der Waals surface area contributed by atoms with E-state index in [0.717, 1.165) is 67.2 Å². The molecular weight excluding hydrogens is 364 g/mol. The number of aryl methyl sites for hydroxylation is 1. The first-order valence-electron chi connectivity index (χ1n) is 10.0. The molecule has 1 saturated heterocycles. The van der Waals surface area contributed by atoms with Gasteiger partial charge < -0.3 is 10.6 Å². The Hall–Kier alpha value is -3.48. The second kappa shape index (κ2) is 7.50. The Labute approximate surface area is 169 Å². The molecular formula is C22H22N6O. The molecule has 0 spiro atoms. The number of fused-ring (bicyclic) bond motifs is 1. The van der Waals surface area contributed by atoms with Crippen molar-refractivity contribution in [3.63, 3.8) is 0 Å². The summed E-state index contributed by atoms with van der Waals surface area (Å²) in [6.07, 6.45) is 7.49. The van der Waals surface area contributed by atoms with Crippen LogP contribution in [0.3, 0.4) is 0 Å². The highest BCUT2D eigenvalue weighted by atomic mass is 16.2. The molecule has 3 heterocycles. The van der Waals surface area contributed by atoms with E-state index in [9.17, 15) is 4.79 Å². The molecule has 0 radical (unpaired) electrons. The number of amides is 2. The van der Waals surface area contributed by atoms with Gasteiger partial charge in [-0.15, -0.1) is 0 Å². The third-order valence-electron chi connectivity index (χ3n) is 5.37. The number of pyridine rings is 1. The van der Waals surface area contributed by atoms with Crippen molar-refractivity contribution >= 4 is 23.2 Å². The molecule has 7 heteroatoms. The van der Waals surface area contributed by atoms with Crippen molar-refractivity contribution in [3.8, 4) is 11.4 Å². The van der Waals surface area contributed by atoms with Crippen molar-refractivity contribution < 1.29 is 4.79 Å². The molecule has 146 valence electrons. The third kappa shape index (κ3) is 3.51. The molecule has 7 nitrogen and oxygen atoms in total. The minimum Gasteiger partial charge on any atom is -0.340 e. The average molecular weight is 386 g/mol. The lowest BCUT2D eigenvalue weighted by atomic mass is 10.2. The summed E-state index contributed by atoms with van der Waals surface area (Å²) in [6, 6.07) is 11.7. The van der Waals surface area contributed by atoms with Gasteiger partial charge in [0.25, 0.3) is 0 Å². The Balaban J connectivity index is 1.48.